The molecule has 0 spiro atoms. The van der Waals surface area contributed by atoms with Crippen LogP contribution in [0.4, 0.5) is 5.69 Å². The maximum Gasteiger partial charge on any atom is 0.257 e. The molecule has 0 fully saturated rings. The van der Waals surface area contributed by atoms with Crippen LogP contribution in [0, 0.1) is 0 Å². The Kier molecular flexibility index (Phi) is 3.96. The second kappa shape index (κ2) is 5.66. The van der Waals surface area contributed by atoms with E-state index in [0.717, 1.165) is 0 Å². The average Bonchev–Trinajstić information content (AvgIpc) is 2.90. The van der Waals surface area contributed by atoms with E-state index < -0.39 is 12.0 Å². The number of aliphatic hydroxyl groups is 1. The number of benzene rings is 1. The summed E-state index contributed by atoms with van der Waals surface area (Å²) in [6.45, 7) is 0. The zero-order chi connectivity index (χ0) is 13.0. The van der Waals surface area contributed by atoms with Gasteiger partial charge in [-0.3, -0.25) is 4.79 Å². The molecule has 2 rings (SSSR count). The van der Waals surface area contributed by atoms with Crippen molar-refractivity contribution in [1.82, 2.24) is 0 Å². The maximum absolute atomic E-state index is 11.8. The molecule has 2 aromatic rings. The molecule has 1 aromatic carbocycles. The number of carbonyl (C=O) groups excluding carboxylic acids is 1. The third-order valence-corrected chi connectivity index (χ3v) is 3.13. The van der Waals surface area contributed by atoms with Gasteiger partial charge in [0.05, 0.1) is 12.8 Å². The predicted molar refractivity (Wildman–Crippen MR) is 70.9 cm³/mol. The lowest BCUT2D eigenvalue weighted by Crippen LogP contribution is -2.20. The Balaban J connectivity index is 2.10. The molecule has 4 nitrogen and oxygen atoms in total. The number of thiophene rings is 1. The Hall–Kier alpha value is -1.85. The van der Waals surface area contributed by atoms with E-state index in [1.807, 2.05) is 5.38 Å². The van der Waals surface area contributed by atoms with Crippen molar-refractivity contribution in [2.45, 2.75) is 6.10 Å². The monoisotopic (exact) mass is 263 g/mol. The van der Waals surface area contributed by atoms with E-state index in [2.05, 4.69) is 5.32 Å². The Morgan fingerprint density at radius 1 is 1.44 bits per heavy atom. The van der Waals surface area contributed by atoms with Crippen LogP contribution in [-0.2, 0) is 4.79 Å². The first-order chi connectivity index (χ1) is 8.70. The number of aliphatic hydroxyl groups excluding tert-OH is 1. The summed E-state index contributed by atoms with van der Waals surface area (Å²) in [4.78, 5) is 11.8. The minimum atomic E-state index is -1.21. The van der Waals surface area contributed by atoms with Gasteiger partial charge in [-0.2, -0.15) is 11.3 Å². The molecule has 1 amide bonds. The van der Waals surface area contributed by atoms with E-state index in [1.54, 1.807) is 35.7 Å². The third-order valence-electron chi connectivity index (χ3n) is 2.45. The molecule has 0 aliphatic heterocycles. The number of hydrogen-bond acceptors (Lipinski definition) is 4. The summed E-state index contributed by atoms with van der Waals surface area (Å²) in [5.74, 6) is 0.150. The van der Waals surface area contributed by atoms with Gasteiger partial charge in [0.2, 0.25) is 0 Å². The van der Waals surface area contributed by atoms with Crippen LogP contribution in [0.2, 0.25) is 0 Å². The lowest BCUT2D eigenvalue weighted by Gasteiger charge is -2.11. The van der Waals surface area contributed by atoms with Gasteiger partial charge in [-0.25, -0.2) is 0 Å². The molecular formula is C13H13NO3S. The first-order valence-corrected chi connectivity index (χ1v) is 6.30. The Morgan fingerprint density at radius 2 is 2.28 bits per heavy atom. The van der Waals surface area contributed by atoms with Crippen molar-refractivity contribution in [3.05, 3.63) is 46.7 Å². The molecule has 5 heteroatoms. The van der Waals surface area contributed by atoms with Gasteiger partial charge >= 0.3 is 0 Å². The Bertz CT molecular complexity index is 525. The fraction of sp³-hybridized carbons (Fsp3) is 0.154. The number of amides is 1. The standard InChI is InChI=1S/C13H13NO3S/c1-17-11-4-2-3-9(7-11)12(15)13(16)14-10-5-6-18-8-10/h2-8,12,15H,1H3,(H,14,16). The first-order valence-electron chi connectivity index (χ1n) is 5.36. The second-order valence-electron chi connectivity index (χ2n) is 3.68. The summed E-state index contributed by atoms with van der Waals surface area (Å²) >= 11 is 1.48. The number of ether oxygens (including phenoxy) is 1. The summed E-state index contributed by atoms with van der Waals surface area (Å²) in [6.07, 6.45) is -1.21. The van der Waals surface area contributed by atoms with Crippen LogP contribution < -0.4 is 10.1 Å². The predicted octanol–water partition coefficient (Wildman–Crippen LogP) is 2.43. The zero-order valence-corrected chi connectivity index (χ0v) is 10.6. The largest absolute Gasteiger partial charge is 0.497 e. The highest BCUT2D eigenvalue weighted by molar-refractivity contribution is 7.08. The van der Waals surface area contributed by atoms with Gasteiger partial charge in [-0.05, 0) is 29.1 Å². The number of anilines is 1. The van der Waals surface area contributed by atoms with Gasteiger partial charge in [-0.1, -0.05) is 12.1 Å². The van der Waals surface area contributed by atoms with Gasteiger partial charge in [0.15, 0.2) is 6.10 Å². The van der Waals surface area contributed by atoms with Crippen LogP contribution in [0.1, 0.15) is 11.7 Å². The number of nitrogens with one attached hydrogen (secondary N) is 1. The minimum Gasteiger partial charge on any atom is -0.497 e. The van der Waals surface area contributed by atoms with Crippen molar-refractivity contribution in [1.29, 1.82) is 0 Å². The first kappa shape index (κ1) is 12.6. The molecule has 1 unspecified atom stereocenters. The molecule has 1 heterocycles. The molecule has 0 bridgehead atoms. The van der Waals surface area contributed by atoms with E-state index >= 15 is 0 Å². The van der Waals surface area contributed by atoms with Gasteiger partial charge < -0.3 is 15.2 Å². The van der Waals surface area contributed by atoms with E-state index in [1.165, 1.54) is 18.4 Å². The van der Waals surface area contributed by atoms with Crippen LogP contribution in [-0.4, -0.2) is 18.1 Å². The van der Waals surface area contributed by atoms with Crippen molar-refractivity contribution in [2.24, 2.45) is 0 Å². The lowest BCUT2D eigenvalue weighted by atomic mass is 10.1. The zero-order valence-electron chi connectivity index (χ0n) is 9.79. The fourth-order valence-corrected chi connectivity index (χ4v) is 2.10. The van der Waals surface area contributed by atoms with Gasteiger partial charge in [0, 0.05) is 5.38 Å². The summed E-state index contributed by atoms with van der Waals surface area (Å²) < 4.78 is 5.05. The molecule has 0 saturated heterocycles. The molecule has 2 N–H and O–H groups in total. The molecule has 0 aliphatic carbocycles. The van der Waals surface area contributed by atoms with Crippen LogP contribution in [0.3, 0.4) is 0 Å². The highest BCUT2D eigenvalue weighted by Crippen LogP contribution is 2.21. The molecule has 18 heavy (non-hydrogen) atoms. The van der Waals surface area contributed by atoms with Crippen LogP contribution in [0.5, 0.6) is 5.75 Å². The molecule has 94 valence electrons. The Morgan fingerprint density at radius 3 is 2.94 bits per heavy atom. The third kappa shape index (κ3) is 2.88. The molecule has 0 saturated carbocycles. The average molecular weight is 263 g/mol. The van der Waals surface area contributed by atoms with Gasteiger partial charge in [0.25, 0.3) is 5.91 Å². The number of rotatable bonds is 4. The van der Waals surface area contributed by atoms with E-state index in [4.69, 9.17) is 4.74 Å². The number of hydrogen-bond donors (Lipinski definition) is 2. The van der Waals surface area contributed by atoms with Crippen molar-refractivity contribution in [3.63, 3.8) is 0 Å². The van der Waals surface area contributed by atoms with Gasteiger partial charge in [0.1, 0.15) is 5.75 Å². The molecule has 1 aromatic heterocycles. The summed E-state index contributed by atoms with van der Waals surface area (Å²) in [5.41, 5.74) is 1.19. The Labute approximate surface area is 109 Å². The van der Waals surface area contributed by atoms with E-state index in [-0.39, 0.29) is 0 Å². The molecule has 0 aliphatic rings. The van der Waals surface area contributed by atoms with Crippen LogP contribution in [0.25, 0.3) is 0 Å². The highest BCUT2D eigenvalue weighted by atomic mass is 32.1. The van der Waals surface area contributed by atoms with Crippen LogP contribution in [0.15, 0.2) is 41.1 Å². The number of methoxy groups -OCH3 is 1. The summed E-state index contributed by atoms with van der Waals surface area (Å²) in [7, 11) is 1.54. The highest BCUT2D eigenvalue weighted by Gasteiger charge is 2.17. The summed E-state index contributed by atoms with van der Waals surface area (Å²) in [5, 5.41) is 16.2. The topological polar surface area (TPSA) is 58.6 Å². The van der Waals surface area contributed by atoms with Crippen molar-refractivity contribution >= 4 is 22.9 Å². The van der Waals surface area contributed by atoms with Crippen molar-refractivity contribution in [3.8, 4) is 5.75 Å². The minimum absolute atomic E-state index is 0.457. The molecular weight excluding hydrogens is 250 g/mol. The lowest BCUT2D eigenvalue weighted by molar-refractivity contribution is -0.124. The van der Waals surface area contributed by atoms with E-state index in [9.17, 15) is 9.90 Å². The molecule has 1 atom stereocenters. The van der Waals surface area contributed by atoms with Crippen molar-refractivity contribution in [2.75, 3.05) is 12.4 Å². The summed E-state index contributed by atoms with van der Waals surface area (Å²) in [6, 6.07) is 8.58. The smallest absolute Gasteiger partial charge is 0.257 e. The normalized spacial score (nSPS) is 11.9. The molecule has 0 radical (unpaired) electrons. The fourth-order valence-electron chi connectivity index (χ4n) is 1.51. The number of carbonyl (C=O) groups is 1. The quantitative estimate of drug-likeness (QED) is 0.890. The SMILES string of the molecule is COc1cccc(C(O)C(=O)Nc2ccsc2)c1. The van der Waals surface area contributed by atoms with Crippen LogP contribution >= 0.6 is 11.3 Å². The maximum atomic E-state index is 11.8. The van der Waals surface area contributed by atoms with Crippen molar-refractivity contribution < 1.29 is 14.6 Å². The van der Waals surface area contributed by atoms with Gasteiger partial charge in [-0.15, -0.1) is 0 Å². The second-order valence-corrected chi connectivity index (χ2v) is 4.46. The van der Waals surface area contributed by atoms with E-state index in [0.29, 0.717) is 17.0 Å².